The molecule has 4 aromatic rings. The van der Waals surface area contributed by atoms with Crippen LogP contribution in [0.5, 0.6) is 0 Å². The smallest absolute Gasteiger partial charge is 0.254 e. The molecule has 3 heterocycles. The highest BCUT2D eigenvalue weighted by molar-refractivity contribution is 5.65. The van der Waals surface area contributed by atoms with Gasteiger partial charge in [0.25, 0.3) is 5.78 Å². The number of rotatable bonds is 5. The second-order valence-corrected chi connectivity index (χ2v) is 9.27. The average Bonchev–Trinajstić information content (AvgIpc) is 3.28. The van der Waals surface area contributed by atoms with Gasteiger partial charge in [-0.25, -0.2) is 4.98 Å². The molecule has 0 amide bonds. The van der Waals surface area contributed by atoms with Crippen LogP contribution >= 0.6 is 0 Å². The summed E-state index contributed by atoms with van der Waals surface area (Å²) in [4.78, 5) is 12.1. The molecular formula is C27H30N6O. The molecule has 6 rings (SSSR count). The third kappa shape index (κ3) is 4.23. The van der Waals surface area contributed by atoms with Crippen molar-refractivity contribution in [3.63, 3.8) is 0 Å². The zero-order chi connectivity index (χ0) is 22.9. The molecule has 7 heteroatoms. The highest BCUT2D eigenvalue weighted by Gasteiger charge is 2.21. The largest absolute Gasteiger partial charge is 0.378 e. The number of benzene rings is 2. The molecule has 0 radical (unpaired) electrons. The number of nitrogens with one attached hydrogen (secondary N) is 1. The van der Waals surface area contributed by atoms with Crippen molar-refractivity contribution in [2.45, 2.75) is 39.0 Å². The molecule has 2 aliphatic rings. The van der Waals surface area contributed by atoms with Crippen LogP contribution in [0.1, 0.15) is 41.1 Å². The fourth-order valence-corrected chi connectivity index (χ4v) is 4.89. The summed E-state index contributed by atoms with van der Waals surface area (Å²) in [7, 11) is 0. The van der Waals surface area contributed by atoms with E-state index in [1.54, 1.807) is 0 Å². The van der Waals surface area contributed by atoms with E-state index in [0.717, 1.165) is 62.2 Å². The van der Waals surface area contributed by atoms with Gasteiger partial charge in [0.1, 0.15) is 5.82 Å². The zero-order valence-electron chi connectivity index (χ0n) is 19.6. The predicted molar refractivity (Wildman–Crippen MR) is 134 cm³/mol. The van der Waals surface area contributed by atoms with Crippen LogP contribution in [0.25, 0.3) is 5.78 Å². The Morgan fingerprint density at radius 2 is 1.68 bits per heavy atom. The van der Waals surface area contributed by atoms with Gasteiger partial charge in [0, 0.05) is 36.4 Å². The number of ether oxygens (including phenoxy) is 1. The Morgan fingerprint density at radius 3 is 2.47 bits per heavy atom. The fourth-order valence-electron chi connectivity index (χ4n) is 4.89. The van der Waals surface area contributed by atoms with Gasteiger partial charge in [-0.05, 0) is 62.4 Å². The van der Waals surface area contributed by atoms with E-state index in [0.29, 0.717) is 12.2 Å². The quantitative estimate of drug-likeness (QED) is 0.480. The van der Waals surface area contributed by atoms with Crippen LogP contribution in [-0.2, 0) is 24.0 Å². The lowest BCUT2D eigenvalue weighted by molar-refractivity contribution is 0.122. The molecule has 0 atom stereocenters. The Hall–Kier alpha value is -3.45. The molecule has 1 aliphatic carbocycles. The maximum atomic E-state index is 5.49. The van der Waals surface area contributed by atoms with E-state index < -0.39 is 0 Å². The van der Waals surface area contributed by atoms with Gasteiger partial charge in [-0.3, -0.25) is 0 Å². The number of anilines is 3. The lowest BCUT2D eigenvalue weighted by Gasteiger charge is -2.29. The van der Waals surface area contributed by atoms with Crippen LogP contribution in [0.3, 0.4) is 0 Å². The van der Waals surface area contributed by atoms with Gasteiger partial charge < -0.3 is 15.0 Å². The van der Waals surface area contributed by atoms with E-state index in [4.69, 9.17) is 19.8 Å². The summed E-state index contributed by atoms with van der Waals surface area (Å²) in [6.45, 7) is 5.56. The van der Waals surface area contributed by atoms with E-state index in [1.165, 1.54) is 35.2 Å². The number of fused-ring (bicyclic) bond motifs is 2. The van der Waals surface area contributed by atoms with Crippen LogP contribution in [0, 0.1) is 6.92 Å². The molecular weight excluding hydrogens is 424 g/mol. The Balaban J connectivity index is 1.33. The first-order valence-corrected chi connectivity index (χ1v) is 12.3. The van der Waals surface area contributed by atoms with Crippen molar-refractivity contribution in [3.8, 4) is 0 Å². The normalized spacial score (nSPS) is 16.0. The second-order valence-electron chi connectivity index (χ2n) is 9.27. The first kappa shape index (κ1) is 21.1. The van der Waals surface area contributed by atoms with E-state index >= 15 is 0 Å². The van der Waals surface area contributed by atoms with Crippen molar-refractivity contribution in [2.24, 2.45) is 0 Å². The minimum absolute atomic E-state index is 0.676. The maximum Gasteiger partial charge on any atom is 0.254 e. The molecule has 1 fully saturated rings. The van der Waals surface area contributed by atoms with Crippen LogP contribution < -0.4 is 10.2 Å². The van der Waals surface area contributed by atoms with E-state index in [-0.39, 0.29) is 0 Å². The van der Waals surface area contributed by atoms with Gasteiger partial charge in [-0.15, -0.1) is 5.10 Å². The SMILES string of the molecule is Cc1ccc(Cc2nc3nc4c(c(Nc5ccc(N6CCOCC6)cc5)n3n2)CCCC4)cc1. The van der Waals surface area contributed by atoms with Crippen molar-refractivity contribution < 1.29 is 4.74 Å². The maximum absolute atomic E-state index is 5.49. The summed E-state index contributed by atoms with van der Waals surface area (Å²) in [6, 6.07) is 17.2. The summed E-state index contributed by atoms with van der Waals surface area (Å²) < 4.78 is 7.39. The molecule has 0 unspecified atom stereocenters. The standard InChI is InChI=1S/C27H30N6O/c1-19-6-8-20(9-7-19)18-25-30-27-29-24-5-3-2-4-23(24)26(33(27)31-25)28-21-10-12-22(13-11-21)32-14-16-34-17-15-32/h6-13,28H,2-5,14-18H2,1H3. The van der Waals surface area contributed by atoms with Crippen LogP contribution in [0.2, 0.25) is 0 Å². The van der Waals surface area contributed by atoms with Gasteiger partial charge in [0.2, 0.25) is 0 Å². The minimum Gasteiger partial charge on any atom is -0.378 e. The first-order chi connectivity index (χ1) is 16.7. The molecule has 34 heavy (non-hydrogen) atoms. The molecule has 1 saturated heterocycles. The number of hydrogen-bond donors (Lipinski definition) is 1. The molecule has 0 saturated carbocycles. The highest BCUT2D eigenvalue weighted by Crippen LogP contribution is 2.30. The predicted octanol–water partition coefficient (Wildman–Crippen LogP) is 4.48. The number of morpholine rings is 1. The number of hydrogen-bond acceptors (Lipinski definition) is 6. The molecule has 0 spiro atoms. The molecule has 0 bridgehead atoms. The zero-order valence-corrected chi connectivity index (χ0v) is 19.6. The number of aryl methyl sites for hydroxylation is 2. The highest BCUT2D eigenvalue weighted by atomic mass is 16.5. The van der Waals surface area contributed by atoms with Crippen molar-refractivity contribution in [2.75, 3.05) is 36.5 Å². The van der Waals surface area contributed by atoms with Gasteiger partial charge in [-0.1, -0.05) is 29.8 Å². The van der Waals surface area contributed by atoms with Crippen molar-refractivity contribution >= 4 is 23.0 Å². The minimum atomic E-state index is 0.676. The van der Waals surface area contributed by atoms with Crippen LogP contribution in [-0.4, -0.2) is 45.9 Å². The third-order valence-electron chi connectivity index (χ3n) is 6.79. The van der Waals surface area contributed by atoms with Crippen LogP contribution in [0.15, 0.2) is 48.5 Å². The van der Waals surface area contributed by atoms with Crippen LogP contribution in [0.4, 0.5) is 17.2 Å². The molecule has 2 aromatic heterocycles. The Bertz CT molecular complexity index is 1290. The van der Waals surface area contributed by atoms with E-state index in [9.17, 15) is 0 Å². The number of aromatic nitrogens is 4. The summed E-state index contributed by atoms with van der Waals surface area (Å²) in [5.41, 5.74) is 7.17. The van der Waals surface area contributed by atoms with E-state index in [2.05, 4.69) is 65.7 Å². The van der Waals surface area contributed by atoms with Gasteiger partial charge >= 0.3 is 0 Å². The molecule has 7 nitrogen and oxygen atoms in total. The topological polar surface area (TPSA) is 67.6 Å². The Morgan fingerprint density at radius 1 is 0.912 bits per heavy atom. The average molecular weight is 455 g/mol. The molecule has 174 valence electrons. The van der Waals surface area contributed by atoms with Crippen molar-refractivity contribution in [1.29, 1.82) is 0 Å². The van der Waals surface area contributed by atoms with Gasteiger partial charge in [-0.2, -0.15) is 9.50 Å². The summed E-state index contributed by atoms with van der Waals surface area (Å²) in [5, 5.41) is 8.55. The van der Waals surface area contributed by atoms with E-state index in [1.807, 2.05) is 4.52 Å². The second kappa shape index (κ2) is 9.06. The lowest BCUT2D eigenvalue weighted by Crippen LogP contribution is -2.36. The molecule has 2 aromatic carbocycles. The summed E-state index contributed by atoms with van der Waals surface area (Å²) in [5.74, 6) is 2.47. The van der Waals surface area contributed by atoms with Crippen molar-refractivity contribution in [3.05, 3.63) is 76.7 Å². The molecule has 1 aliphatic heterocycles. The summed E-state index contributed by atoms with van der Waals surface area (Å²) >= 11 is 0. The Kier molecular flexibility index (Phi) is 5.63. The fraction of sp³-hybridized carbons (Fsp3) is 0.370. The van der Waals surface area contributed by atoms with Crippen molar-refractivity contribution in [1.82, 2.24) is 19.6 Å². The summed E-state index contributed by atoms with van der Waals surface area (Å²) in [6.07, 6.45) is 5.06. The Labute approximate surface area is 199 Å². The molecule has 1 N–H and O–H groups in total. The first-order valence-electron chi connectivity index (χ1n) is 12.3. The lowest BCUT2D eigenvalue weighted by atomic mass is 9.96. The van der Waals surface area contributed by atoms with Gasteiger partial charge in [0.15, 0.2) is 5.82 Å². The third-order valence-corrected chi connectivity index (χ3v) is 6.79. The number of nitrogens with zero attached hydrogens (tertiary/aromatic N) is 5. The van der Waals surface area contributed by atoms with Gasteiger partial charge in [0.05, 0.1) is 18.9 Å². The monoisotopic (exact) mass is 454 g/mol.